The average Bonchev–Trinajstić information content (AvgIpc) is 2.88. The van der Waals surface area contributed by atoms with Crippen molar-refractivity contribution < 1.29 is 8.42 Å². The molecule has 0 saturated heterocycles. The monoisotopic (exact) mass is 294 g/mol. The van der Waals surface area contributed by atoms with Crippen LogP contribution in [-0.2, 0) is 10.0 Å². The maximum absolute atomic E-state index is 12.0. The van der Waals surface area contributed by atoms with Crippen molar-refractivity contribution in [3.8, 4) is 10.4 Å². The first-order valence-electron chi connectivity index (χ1n) is 5.61. The third-order valence-electron chi connectivity index (χ3n) is 2.31. The van der Waals surface area contributed by atoms with E-state index in [1.54, 1.807) is 31.1 Å². The molecule has 1 heterocycles. The third-order valence-corrected chi connectivity index (χ3v) is 5.14. The Labute approximate surface area is 117 Å². The van der Waals surface area contributed by atoms with Gasteiger partial charge in [-0.1, -0.05) is 30.3 Å². The Balaban J connectivity index is 2.32. The second-order valence-electron chi connectivity index (χ2n) is 4.14. The lowest BCUT2D eigenvalue weighted by Crippen LogP contribution is -2.09. The van der Waals surface area contributed by atoms with E-state index >= 15 is 0 Å². The summed E-state index contributed by atoms with van der Waals surface area (Å²) in [6, 6.07) is 13.1. The third kappa shape index (κ3) is 3.42. The molecule has 1 aromatic carbocycles. The molecule has 0 unspecified atom stereocenters. The van der Waals surface area contributed by atoms with Gasteiger partial charge in [0.15, 0.2) is 0 Å². The molecule has 4 nitrogen and oxygen atoms in total. The molecular weight excluding hydrogens is 280 g/mol. The zero-order valence-corrected chi connectivity index (χ0v) is 12.3. The van der Waals surface area contributed by atoms with Gasteiger partial charge >= 0.3 is 0 Å². The molecule has 0 fully saturated rings. The first-order valence-corrected chi connectivity index (χ1v) is 7.87. The van der Waals surface area contributed by atoms with Crippen LogP contribution in [0.4, 0.5) is 0 Å². The second kappa shape index (κ2) is 5.54. The number of sulfonamides is 1. The average molecular weight is 294 g/mol. The molecule has 0 saturated carbocycles. The lowest BCUT2D eigenvalue weighted by atomic mass is 10.2. The van der Waals surface area contributed by atoms with Gasteiger partial charge in [0.25, 0.3) is 10.0 Å². The van der Waals surface area contributed by atoms with Crippen LogP contribution in [0, 0.1) is 0 Å². The molecular formula is C13H14N2O2S2. The highest BCUT2D eigenvalue weighted by atomic mass is 32.2. The summed E-state index contributed by atoms with van der Waals surface area (Å²) in [6.07, 6.45) is 1.29. The number of hydrogen-bond donors (Lipinski definition) is 0. The zero-order chi connectivity index (χ0) is 13.9. The van der Waals surface area contributed by atoms with Gasteiger partial charge in [0.2, 0.25) is 0 Å². The van der Waals surface area contributed by atoms with Gasteiger partial charge in [0.1, 0.15) is 10.5 Å². The van der Waals surface area contributed by atoms with Crippen LogP contribution >= 0.6 is 11.3 Å². The first-order chi connectivity index (χ1) is 8.99. The Morgan fingerprint density at radius 1 is 1.11 bits per heavy atom. The fraction of sp³-hybridized carbons (Fsp3) is 0.154. The number of benzene rings is 1. The maximum Gasteiger partial charge on any atom is 0.293 e. The van der Waals surface area contributed by atoms with Crippen molar-refractivity contribution in [3.63, 3.8) is 0 Å². The molecule has 0 aliphatic rings. The predicted octanol–water partition coefficient (Wildman–Crippen LogP) is 2.69. The summed E-state index contributed by atoms with van der Waals surface area (Å²) in [7, 11) is -0.146. The Morgan fingerprint density at radius 3 is 2.42 bits per heavy atom. The highest BCUT2D eigenvalue weighted by molar-refractivity contribution is 7.92. The summed E-state index contributed by atoms with van der Waals surface area (Å²) < 4.78 is 27.8. The van der Waals surface area contributed by atoms with Crippen LogP contribution in [0.1, 0.15) is 0 Å². The summed E-state index contributed by atoms with van der Waals surface area (Å²) in [5.41, 5.74) is 1.01. The lowest BCUT2D eigenvalue weighted by molar-refractivity contribution is 0.596. The van der Waals surface area contributed by atoms with Crippen LogP contribution in [0.15, 0.2) is 51.1 Å². The van der Waals surface area contributed by atoms with Gasteiger partial charge in [-0.3, -0.25) is 0 Å². The van der Waals surface area contributed by atoms with Crippen molar-refractivity contribution >= 4 is 27.7 Å². The Bertz CT molecular complexity index is 674. The Morgan fingerprint density at radius 2 is 1.79 bits per heavy atom. The summed E-state index contributed by atoms with van der Waals surface area (Å²) in [5.74, 6) is 0. The van der Waals surface area contributed by atoms with Gasteiger partial charge in [-0.2, -0.15) is 8.42 Å². The van der Waals surface area contributed by atoms with Crippen LogP contribution in [0.2, 0.25) is 0 Å². The summed E-state index contributed by atoms with van der Waals surface area (Å²) in [4.78, 5) is 2.50. The summed E-state index contributed by atoms with van der Waals surface area (Å²) in [5, 5.41) is 0. The van der Waals surface area contributed by atoms with Crippen molar-refractivity contribution in [3.05, 3.63) is 42.5 Å². The highest BCUT2D eigenvalue weighted by Crippen LogP contribution is 2.31. The van der Waals surface area contributed by atoms with Crippen molar-refractivity contribution in [2.75, 3.05) is 14.1 Å². The SMILES string of the molecule is CN(C)C=NS(=O)(=O)c1ccc(-c2ccccc2)s1. The van der Waals surface area contributed by atoms with Crippen LogP contribution in [0.25, 0.3) is 10.4 Å². The van der Waals surface area contributed by atoms with Crippen molar-refractivity contribution in [1.82, 2.24) is 4.90 Å². The molecule has 0 N–H and O–H groups in total. The van der Waals surface area contributed by atoms with Gasteiger partial charge in [-0.25, -0.2) is 0 Å². The minimum atomic E-state index is -3.60. The van der Waals surface area contributed by atoms with Crippen molar-refractivity contribution in [2.24, 2.45) is 4.40 Å². The van der Waals surface area contributed by atoms with Gasteiger partial charge in [0.05, 0.1) is 0 Å². The maximum atomic E-state index is 12.0. The molecule has 0 atom stereocenters. The Kier molecular flexibility index (Phi) is 4.01. The first kappa shape index (κ1) is 13.8. The molecule has 0 bridgehead atoms. The largest absolute Gasteiger partial charge is 0.368 e. The van der Waals surface area contributed by atoms with E-state index in [2.05, 4.69) is 4.40 Å². The molecule has 100 valence electrons. The van der Waals surface area contributed by atoms with E-state index in [0.29, 0.717) is 0 Å². The molecule has 0 amide bonds. The number of nitrogens with zero attached hydrogens (tertiary/aromatic N) is 2. The van der Waals surface area contributed by atoms with E-state index in [-0.39, 0.29) is 4.21 Å². The minimum absolute atomic E-state index is 0.254. The van der Waals surface area contributed by atoms with Gasteiger partial charge in [0, 0.05) is 19.0 Å². The topological polar surface area (TPSA) is 49.7 Å². The molecule has 19 heavy (non-hydrogen) atoms. The fourth-order valence-electron chi connectivity index (χ4n) is 1.42. The number of thiophene rings is 1. The van der Waals surface area contributed by atoms with E-state index in [4.69, 9.17) is 0 Å². The minimum Gasteiger partial charge on any atom is -0.368 e. The van der Waals surface area contributed by atoms with Crippen molar-refractivity contribution in [2.45, 2.75) is 4.21 Å². The Hall–Kier alpha value is -1.66. The van der Waals surface area contributed by atoms with Gasteiger partial charge in [-0.05, 0) is 17.7 Å². The van der Waals surface area contributed by atoms with E-state index in [0.717, 1.165) is 10.4 Å². The molecule has 0 spiro atoms. The predicted molar refractivity (Wildman–Crippen MR) is 79.1 cm³/mol. The fourth-order valence-corrected chi connectivity index (χ4v) is 3.64. The summed E-state index contributed by atoms with van der Waals surface area (Å²) >= 11 is 1.22. The van der Waals surface area contributed by atoms with E-state index in [1.165, 1.54) is 17.7 Å². The van der Waals surface area contributed by atoms with Gasteiger partial charge in [-0.15, -0.1) is 15.7 Å². The molecule has 2 rings (SSSR count). The molecule has 0 radical (unpaired) electrons. The molecule has 2 aromatic rings. The van der Waals surface area contributed by atoms with Crippen molar-refractivity contribution in [1.29, 1.82) is 0 Å². The van der Waals surface area contributed by atoms with Gasteiger partial charge < -0.3 is 4.90 Å². The molecule has 1 aromatic heterocycles. The van der Waals surface area contributed by atoms with Crippen LogP contribution < -0.4 is 0 Å². The number of rotatable bonds is 4. The highest BCUT2D eigenvalue weighted by Gasteiger charge is 2.15. The lowest BCUT2D eigenvalue weighted by Gasteiger charge is -2.01. The van der Waals surface area contributed by atoms with Crippen LogP contribution in [0.3, 0.4) is 0 Å². The van der Waals surface area contributed by atoms with E-state index in [9.17, 15) is 8.42 Å². The quantitative estimate of drug-likeness (QED) is 0.643. The summed E-state index contributed by atoms with van der Waals surface area (Å²) in [6.45, 7) is 0. The van der Waals surface area contributed by atoms with Crippen LogP contribution in [0.5, 0.6) is 0 Å². The smallest absolute Gasteiger partial charge is 0.293 e. The molecule has 0 aliphatic carbocycles. The number of hydrogen-bond acceptors (Lipinski definition) is 3. The molecule has 6 heteroatoms. The van der Waals surface area contributed by atoms with Crippen LogP contribution in [-0.4, -0.2) is 33.8 Å². The normalized spacial score (nSPS) is 11.9. The second-order valence-corrected chi connectivity index (χ2v) is 7.09. The standard InChI is InChI=1S/C13H14N2O2S2/c1-15(2)10-14-19(16,17)13-9-8-12(18-13)11-6-4-3-5-7-11/h3-10H,1-2H3. The van der Waals surface area contributed by atoms with E-state index < -0.39 is 10.0 Å². The zero-order valence-electron chi connectivity index (χ0n) is 10.6. The van der Waals surface area contributed by atoms with E-state index in [1.807, 2.05) is 30.3 Å². The molecule has 0 aliphatic heterocycles.